The molecule has 1 N–H and O–H groups in total. The number of carbonyl (C=O) groups excluding carboxylic acids is 1. The van der Waals surface area contributed by atoms with Crippen LogP contribution in [0.2, 0.25) is 0 Å². The van der Waals surface area contributed by atoms with Crippen LogP contribution in [0.3, 0.4) is 0 Å². The SMILES string of the molecule is COc1ccc(-n2ncc3c2CC(C)(C)CC3NC(=O)CCn2nc(C)cc2C)cc1. The van der Waals surface area contributed by atoms with Crippen molar-refractivity contribution >= 4 is 5.91 Å². The van der Waals surface area contributed by atoms with Crippen molar-refractivity contribution in [1.82, 2.24) is 24.9 Å². The maximum absolute atomic E-state index is 12.8. The number of aryl methyl sites for hydroxylation is 3. The van der Waals surface area contributed by atoms with Crippen molar-refractivity contribution in [2.24, 2.45) is 5.41 Å². The van der Waals surface area contributed by atoms with Gasteiger partial charge in [0.2, 0.25) is 5.91 Å². The van der Waals surface area contributed by atoms with Gasteiger partial charge >= 0.3 is 0 Å². The first-order valence-electron chi connectivity index (χ1n) is 10.8. The number of rotatable bonds is 6. The number of ether oxygens (including phenoxy) is 1. The van der Waals surface area contributed by atoms with Gasteiger partial charge in [-0.05, 0) is 62.4 Å². The highest BCUT2D eigenvalue weighted by molar-refractivity contribution is 5.76. The van der Waals surface area contributed by atoms with Gasteiger partial charge in [-0.3, -0.25) is 9.48 Å². The molecule has 2 heterocycles. The van der Waals surface area contributed by atoms with Crippen LogP contribution in [0.1, 0.15) is 55.4 Å². The Morgan fingerprint density at radius 2 is 2.00 bits per heavy atom. The minimum absolute atomic E-state index is 0.0402. The molecular weight excluding hydrogens is 390 g/mol. The van der Waals surface area contributed by atoms with Gasteiger partial charge in [0.05, 0.1) is 36.4 Å². The smallest absolute Gasteiger partial charge is 0.222 e. The number of hydrogen-bond donors (Lipinski definition) is 1. The first-order valence-corrected chi connectivity index (χ1v) is 10.8. The van der Waals surface area contributed by atoms with Crippen LogP contribution in [0.25, 0.3) is 5.69 Å². The topological polar surface area (TPSA) is 74.0 Å². The van der Waals surface area contributed by atoms with Gasteiger partial charge in [-0.15, -0.1) is 0 Å². The summed E-state index contributed by atoms with van der Waals surface area (Å²) in [4.78, 5) is 12.8. The van der Waals surface area contributed by atoms with E-state index in [0.717, 1.165) is 46.9 Å². The number of amides is 1. The summed E-state index contributed by atoms with van der Waals surface area (Å²) >= 11 is 0. The first kappa shape index (κ1) is 21.2. The molecule has 0 aliphatic heterocycles. The number of nitrogens with zero attached hydrogens (tertiary/aromatic N) is 4. The summed E-state index contributed by atoms with van der Waals surface area (Å²) in [5, 5.41) is 12.4. The van der Waals surface area contributed by atoms with Crippen LogP contribution in [0, 0.1) is 19.3 Å². The second kappa shape index (κ2) is 8.21. The highest BCUT2D eigenvalue weighted by atomic mass is 16.5. The molecule has 1 amide bonds. The van der Waals surface area contributed by atoms with Gasteiger partial charge in [0.1, 0.15) is 5.75 Å². The van der Waals surface area contributed by atoms with Crippen LogP contribution in [-0.2, 0) is 17.8 Å². The summed E-state index contributed by atoms with van der Waals surface area (Å²) in [7, 11) is 1.66. The van der Waals surface area contributed by atoms with Crippen LogP contribution >= 0.6 is 0 Å². The zero-order valence-electron chi connectivity index (χ0n) is 19.0. The lowest BCUT2D eigenvalue weighted by molar-refractivity contribution is -0.122. The van der Waals surface area contributed by atoms with Crippen molar-refractivity contribution in [2.45, 2.75) is 59.5 Å². The van der Waals surface area contributed by atoms with Gasteiger partial charge in [0.15, 0.2) is 0 Å². The molecule has 4 rings (SSSR count). The number of nitrogens with one attached hydrogen (secondary N) is 1. The number of methoxy groups -OCH3 is 1. The summed E-state index contributed by atoms with van der Waals surface area (Å²) in [5.41, 5.74) is 5.37. The van der Waals surface area contributed by atoms with E-state index in [0.29, 0.717) is 13.0 Å². The highest BCUT2D eigenvalue weighted by Gasteiger charge is 2.36. The van der Waals surface area contributed by atoms with Crippen molar-refractivity contribution in [3.63, 3.8) is 0 Å². The largest absolute Gasteiger partial charge is 0.497 e. The van der Waals surface area contributed by atoms with Gasteiger partial charge in [-0.1, -0.05) is 13.8 Å². The summed E-state index contributed by atoms with van der Waals surface area (Å²) in [5.74, 6) is 0.858. The number of carbonyl (C=O) groups is 1. The van der Waals surface area contributed by atoms with Crippen LogP contribution in [-0.4, -0.2) is 32.6 Å². The standard InChI is InChI=1S/C24H31N5O2/c1-16-12-17(2)28(27-16)11-10-23(30)26-21-13-24(3,4)14-22-20(21)15-25-29(22)18-6-8-19(31-5)9-7-18/h6-9,12,15,21H,10-11,13-14H2,1-5H3,(H,26,30). The maximum atomic E-state index is 12.8. The number of hydrogen-bond acceptors (Lipinski definition) is 4. The lowest BCUT2D eigenvalue weighted by Gasteiger charge is -2.36. The third-order valence-electron chi connectivity index (χ3n) is 5.99. The summed E-state index contributed by atoms with van der Waals surface area (Å²) in [6.07, 6.45) is 4.11. The van der Waals surface area contributed by atoms with Crippen molar-refractivity contribution in [2.75, 3.05) is 7.11 Å². The third kappa shape index (κ3) is 4.50. The highest BCUT2D eigenvalue weighted by Crippen LogP contribution is 2.41. The Kier molecular flexibility index (Phi) is 5.60. The fraction of sp³-hybridized carbons (Fsp3) is 0.458. The fourth-order valence-electron chi connectivity index (χ4n) is 4.49. The van der Waals surface area contributed by atoms with Crippen molar-refractivity contribution < 1.29 is 9.53 Å². The van der Waals surface area contributed by atoms with Gasteiger partial charge in [0.25, 0.3) is 0 Å². The molecule has 0 radical (unpaired) electrons. The Morgan fingerprint density at radius 1 is 1.26 bits per heavy atom. The van der Waals surface area contributed by atoms with Crippen LogP contribution < -0.4 is 10.1 Å². The summed E-state index contributed by atoms with van der Waals surface area (Å²) < 4.78 is 9.16. The molecule has 1 atom stereocenters. The molecule has 3 aromatic rings. The lowest BCUT2D eigenvalue weighted by atomic mass is 9.74. The zero-order chi connectivity index (χ0) is 22.2. The molecule has 0 fully saturated rings. The Morgan fingerprint density at radius 3 is 2.65 bits per heavy atom. The molecule has 164 valence electrons. The van der Waals surface area contributed by atoms with Crippen LogP contribution in [0.5, 0.6) is 5.75 Å². The molecule has 1 aliphatic carbocycles. The molecule has 1 aliphatic rings. The molecule has 0 bridgehead atoms. The van der Waals surface area contributed by atoms with E-state index in [-0.39, 0.29) is 17.4 Å². The monoisotopic (exact) mass is 421 g/mol. The summed E-state index contributed by atoms with van der Waals surface area (Å²) in [6.45, 7) is 9.06. The van der Waals surface area contributed by atoms with E-state index in [4.69, 9.17) is 4.74 Å². The average Bonchev–Trinajstić information content (AvgIpc) is 3.27. The van der Waals surface area contributed by atoms with Crippen molar-refractivity contribution in [3.05, 3.63) is 59.2 Å². The predicted octanol–water partition coefficient (Wildman–Crippen LogP) is 3.91. The van der Waals surface area contributed by atoms with Crippen LogP contribution in [0.15, 0.2) is 36.5 Å². The number of benzene rings is 1. The third-order valence-corrected chi connectivity index (χ3v) is 5.99. The Labute approximate surface area is 183 Å². The van der Waals surface area contributed by atoms with Crippen molar-refractivity contribution in [3.8, 4) is 11.4 Å². The van der Waals surface area contributed by atoms with E-state index in [9.17, 15) is 4.79 Å². The minimum atomic E-state index is -0.0429. The fourth-order valence-corrected chi connectivity index (χ4v) is 4.49. The van der Waals surface area contributed by atoms with Gasteiger partial charge in [-0.25, -0.2) is 4.68 Å². The Hall–Kier alpha value is -3.09. The van der Waals surface area contributed by atoms with Gasteiger partial charge in [-0.2, -0.15) is 10.2 Å². The quantitative estimate of drug-likeness (QED) is 0.655. The van der Waals surface area contributed by atoms with E-state index in [2.05, 4.69) is 29.4 Å². The second-order valence-electron chi connectivity index (χ2n) is 9.22. The van der Waals surface area contributed by atoms with Crippen LogP contribution in [0.4, 0.5) is 0 Å². The van der Waals surface area contributed by atoms with Gasteiger partial charge in [0, 0.05) is 24.2 Å². The average molecular weight is 422 g/mol. The molecule has 7 heteroatoms. The van der Waals surface area contributed by atoms with E-state index < -0.39 is 0 Å². The number of aromatic nitrogens is 4. The van der Waals surface area contributed by atoms with E-state index in [1.54, 1.807) is 7.11 Å². The Bertz CT molecular complexity index is 1080. The maximum Gasteiger partial charge on any atom is 0.222 e. The molecule has 2 aromatic heterocycles. The second-order valence-corrected chi connectivity index (χ2v) is 9.22. The zero-order valence-corrected chi connectivity index (χ0v) is 19.0. The molecule has 0 saturated heterocycles. The minimum Gasteiger partial charge on any atom is -0.497 e. The van der Waals surface area contributed by atoms with E-state index >= 15 is 0 Å². The molecule has 1 unspecified atom stereocenters. The Balaban J connectivity index is 1.52. The number of fused-ring (bicyclic) bond motifs is 1. The predicted molar refractivity (Wildman–Crippen MR) is 119 cm³/mol. The molecule has 0 spiro atoms. The van der Waals surface area contributed by atoms with E-state index in [1.807, 2.05) is 59.7 Å². The molecular formula is C24H31N5O2. The van der Waals surface area contributed by atoms with E-state index in [1.165, 1.54) is 0 Å². The molecule has 7 nitrogen and oxygen atoms in total. The molecule has 1 aromatic carbocycles. The first-order chi connectivity index (χ1) is 14.8. The van der Waals surface area contributed by atoms with Gasteiger partial charge < -0.3 is 10.1 Å². The molecule has 0 saturated carbocycles. The summed E-state index contributed by atoms with van der Waals surface area (Å²) in [6, 6.07) is 9.89. The lowest BCUT2D eigenvalue weighted by Crippen LogP contribution is -2.37. The molecule has 31 heavy (non-hydrogen) atoms. The van der Waals surface area contributed by atoms with Crippen molar-refractivity contribution in [1.29, 1.82) is 0 Å². The normalized spacial score (nSPS) is 17.3.